The maximum Gasteiger partial charge on any atom is 0.423 e. The molecule has 0 spiro atoms. The first-order valence-corrected chi connectivity index (χ1v) is 11.1. The molecule has 15 heteroatoms. The fourth-order valence-electron chi connectivity index (χ4n) is 3.78. The van der Waals surface area contributed by atoms with Gasteiger partial charge in [0, 0.05) is 48.3 Å². The van der Waals surface area contributed by atoms with Gasteiger partial charge in [-0.25, -0.2) is 20.1 Å². The van der Waals surface area contributed by atoms with Crippen molar-refractivity contribution < 1.29 is 26.3 Å². The Hall–Kier alpha value is -4.30. The molecule has 0 aliphatic rings. The topological polar surface area (TPSA) is 118 Å². The number of pyridine rings is 2. The van der Waals surface area contributed by atoms with Crippen LogP contribution in [0.2, 0.25) is 0 Å². The molecule has 2 N–H and O–H groups in total. The summed E-state index contributed by atoms with van der Waals surface area (Å²) in [6, 6.07) is 2.67. The SMILES string of the molecule is CC(CCCn1ccc2cc(-c3ncc(C(F)(F)F)cn3)cnc2c1=O)Nc1cn[nH]c(=O)c1C(F)(F)F. The number of fused-ring (bicyclic) bond motifs is 1. The summed E-state index contributed by atoms with van der Waals surface area (Å²) in [6.45, 7) is 1.88. The molecule has 0 aliphatic heterocycles. The quantitative estimate of drug-likeness (QED) is 0.337. The molecule has 0 saturated heterocycles. The van der Waals surface area contributed by atoms with E-state index in [0.717, 1.165) is 6.20 Å². The van der Waals surface area contributed by atoms with E-state index in [0.29, 0.717) is 36.2 Å². The molecule has 200 valence electrons. The Labute approximate surface area is 209 Å². The third kappa shape index (κ3) is 5.81. The van der Waals surface area contributed by atoms with Gasteiger partial charge < -0.3 is 9.88 Å². The molecule has 1 unspecified atom stereocenters. The van der Waals surface area contributed by atoms with Crippen molar-refractivity contribution in [3.63, 3.8) is 0 Å². The number of aromatic nitrogens is 6. The summed E-state index contributed by atoms with van der Waals surface area (Å²) < 4.78 is 79.2. The van der Waals surface area contributed by atoms with E-state index in [1.54, 1.807) is 18.1 Å². The van der Waals surface area contributed by atoms with Gasteiger partial charge in [0.25, 0.3) is 11.1 Å². The van der Waals surface area contributed by atoms with Gasteiger partial charge in [-0.2, -0.15) is 31.4 Å². The Balaban J connectivity index is 1.43. The zero-order chi connectivity index (χ0) is 27.7. The van der Waals surface area contributed by atoms with E-state index in [4.69, 9.17) is 0 Å². The molecule has 1 atom stereocenters. The Morgan fingerprint density at radius 1 is 1.00 bits per heavy atom. The molecule has 4 aromatic heterocycles. The van der Waals surface area contributed by atoms with Crippen molar-refractivity contribution in [1.82, 2.24) is 29.7 Å². The Morgan fingerprint density at radius 3 is 2.37 bits per heavy atom. The van der Waals surface area contributed by atoms with Crippen LogP contribution < -0.4 is 16.4 Å². The van der Waals surface area contributed by atoms with Crippen molar-refractivity contribution in [3.05, 3.63) is 75.0 Å². The second kappa shape index (κ2) is 10.2. The molecule has 0 aromatic carbocycles. The second-order valence-electron chi connectivity index (χ2n) is 8.44. The number of hydrogen-bond donors (Lipinski definition) is 2. The van der Waals surface area contributed by atoms with E-state index in [9.17, 15) is 35.9 Å². The summed E-state index contributed by atoms with van der Waals surface area (Å²) in [6.07, 6.45) is -3.62. The van der Waals surface area contributed by atoms with Crippen molar-refractivity contribution in [3.8, 4) is 11.4 Å². The Morgan fingerprint density at radius 2 is 1.71 bits per heavy atom. The van der Waals surface area contributed by atoms with Crippen LogP contribution in [0.1, 0.15) is 30.9 Å². The van der Waals surface area contributed by atoms with Crippen LogP contribution in [0.25, 0.3) is 22.3 Å². The van der Waals surface area contributed by atoms with E-state index in [-0.39, 0.29) is 17.9 Å². The zero-order valence-corrected chi connectivity index (χ0v) is 19.6. The van der Waals surface area contributed by atoms with Crippen molar-refractivity contribution in [2.75, 3.05) is 5.32 Å². The van der Waals surface area contributed by atoms with Gasteiger partial charge in [-0.1, -0.05) is 0 Å². The summed E-state index contributed by atoms with van der Waals surface area (Å²) in [5.41, 5.74) is -4.10. The highest BCUT2D eigenvalue weighted by Gasteiger charge is 2.37. The minimum Gasteiger partial charge on any atom is -0.381 e. The molecule has 4 heterocycles. The molecule has 0 amide bonds. The lowest BCUT2D eigenvalue weighted by molar-refractivity contribution is -0.139. The zero-order valence-electron chi connectivity index (χ0n) is 19.6. The third-order valence-electron chi connectivity index (χ3n) is 5.63. The van der Waals surface area contributed by atoms with E-state index in [1.807, 2.05) is 0 Å². The highest BCUT2D eigenvalue weighted by atomic mass is 19.4. The molecule has 0 fully saturated rings. The van der Waals surface area contributed by atoms with Gasteiger partial charge >= 0.3 is 12.4 Å². The molecule has 0 saturated carbocycles. The summed E-state index contributed by atoms with van der Waals surface area (Å²) in [5.74, 6) is 0.0161. The Bertz CT molecular complexity index is 1560. The molecule has 0 radical (unpaired) electrons. The average molecular weight is 539 g/mol. The number of aryl methyl sites for hydroxylation is 1. The maximum absolute atomic E-state index is 13.2. The number of rotatable bonds is 7. The van der Waals surface area contributed by atoms with Crippen LogP contribution in [0, 0.1) is 0 Å². The molecule has 9 nitrogen and oxygen atoms in total. The largest absolute Gasteiger partial charge is 0.423 e. The lowest BCUT2D eigenvalue weighted by atomic mass is 10.1. The minimum atomic E-state index is -4.86. The highest BCUT2D eigenvalue weighted by Crippen LogP contribution is 2.32. The van der Waals surface area contributed by atoms with Gasteiger partial charge in [0.15, 0.2) is 5.82 Å². The van der Waals surface area contributed by atoms with Crippen LogP contribution >= 0.6 is 0 Å². The fraction of sp³-hybridized carbons (Fsp3) is 0.304. The third-order valence-corrected chi connectivity index (χ3v) is 5.63. The number of H-pyrrole nitrogens is 1. The van der Waals surface area contributed by atoms with Crippen molar-refractivity contribution in [2.45, 2.75) is 44.7 Å². The molecule has 4 rings (SSSR count). The predicted molar refractivity (Wildman–Crippen MR) is 124 cm³/mol. The molecule has 4 aromatic rings. The number of hydrogen-bond acceptors (Lipinski definition) is 7. The maximum atomic E-state index is 13.2. The van der Waals surface area contributed by atoms with Crippen LogP contribution in [-0.4, -0.2) is 35.8 Å². The molecule has 0 aliphatic carbocycles. The molecule has 0 bridgehead atoms. The smallest absolute Gasteiger partial charge is 0.381 e. The van der Waals surface area contributed by atoms with Gasteiger partial charge in [-0.15, -0.1) is 0 Å². The van der Waals surface area contributed by atoms with E-state index >= 15 is 0 Å². The van der Waals surface area contributed by atoms with Crippen LogP contribution in [0.5, 0.6) is 0 Å². The van der Waals surface area contributed by atoms with E-state index in [1.165, 1.54) is 23.0 Å². The van der Waals surface area contributed by atoms with Crippen LogP contribution in [-0.2, 0) is 18.9 Å². The van der Waals surface area contributed by atoms with Gasteiger partial charge in [-0.3, -0.25) is 9.59 Å². The average Bonchev–Trinajstić information content (AvgIpc) is 2.84. The van der Waals surface area contributed by atoms with Crippen molar-refractivity contribution in [1.29, 1.82) is 0 Å². The summed E-state index contributed by atoms with van der Waals surface area (Å²) in [4.78, 5) is 36.0. The van der Waals surface area contributed by atoms with Gasteiger partial charge in [0.1, 0.15) is 11.1 Å². The number of nitrogens with zero attached hydrogens (tertiary/aromatic N) is 5. The lowest BCUT2D eigenvalue weighted by Crippen LogP contribution is -2.27. The first kappa shape index (κ1) is 26.8. The number of alkyl halides is 6. The van der Waals surface area contributed by atoms with Crippen LogP contribution in [0.4, 0.5) is 32.0 Å². The summed E-state index contributed by atoms with van der Waals surface area (Å²) in [5, 5.41) is 8.26. The normalized spacial score (nSPS) is 13.0. The minimum absolute atomic E-state index is 0.0161. The Kier molecular flexibility index (Phi) is 7.20. The highest BCUT2D eigenvalue weighted by molar-refractivity contribution is 5.81. The second-order valence-corrected chi connectivity index (χ2v) is 8.44. The summed E-state index contributed by atoms with van der Waals surface area (Å²) >= 11 is 0. The van der Waals surface area contributed by atoms with E-state index < -0.39 is 46.3 Å². The van der Waals surface area contributed by atoms with Gasteiger partial charge in [-0.05, 0) is 31.9 Å². The number of aromatic amines is 1. The van der Waals surface area contributed by atoms with E-state index in [2.05, 4.69) is 25.4 Å². The number of anilines is 1. The van der Waals surface area contributed by atoms with Gasteiger partial charge in [0.05, 0.1) is 17.4 Å². The number of nitrogens with one attached hydrogen (secondary N) is 2. The number of halogens is 6. The van der Waals surface area contributed by atoms with Crippen molar-refractivity contribution >= 4 is 16.6 Å². The monoisotopic (exact) mass is 539 g/mol. The molecular weight excluding hydrogens is 520 g/mol. The van der Waals surface area contributed by atoms with Gasteiger partial charge in [0.2, 0.25) is 0 Å². The van der Waals surface area contributed by atoms with Crippen molar-refractivity contribution in [2.24, 2.45) is 0 Å². The standard InChI is InChI=1S/C23H19F6N7O2/c1-12(34-16-11-33-35-20(37)17(16)23(27,28)29)3-2-5-36-6-4-13-7-14(8-30-18(13)21(36)38)19-31-9-15(10-32-19)22(24,25)26/h4,6-12H,2-3,5H2,1H3,(H2,34,35,37). The molecular formula is C23H19F6N7O2. The first-order chi connectivity index (χ1) is 17.8. The predicted octanol–water partition coefficient (Wildman–Crippen LogP) is 4.26. The first-order valence-electron chi connectivity index (χ1n) is 11.1. The van der Waals surface area contributed by atoms with Crippen LogP contribution in [0.3, 0.4) is 0 Å². The molecule has 38 heavy (non-hydrogen) atoms. The lowest BCUT2D eigenvalue weighted by Gasteiger charge is -2.18. The van der Waals surface area contributed by atoms with Crippen LogP contribution in [0.15, 0.2) is 52.7 Å². The summed E-state index contributed by atoms with van der Waals surface area (Å²) in [7, 11) is 0. The fourth-order valence-corrected chi connectivity index (χ4v) is 3.78.